The maximum Gasteiger partial charge on any atom is 0.314 e. The number of hydrogen-bond acceptors (Lipinski definition) is 4. The van der Waals surface area contributed by atoms with Gasteiger partial charge in [-0.15, -0.1) is 0 Å². The van der Waals surface area contributed by atoms with Gasteiger partial charge in [0.25, 0.3) is 0 Å². The molecular weight excluding hydrogens is 258 g/mol. The number of hydrogen-bond donors (Lipinski definition) is 2. The fourth-order valence-corrected chi connectivity index (χ4v) is 1.79. The summed E-state index contributed by atoms with van der Waals surface area (Å²) in [6, 6.07) is 9.86. The molecule has 2 N–H and O–H groups in total. The highest BCUT2D eigenvalue weighted by Gasteiger charge is 2.29. The molecule has 1 aromatic heterocycles. The Kier molecular flexibility index (Phi) is 4.05. The number of carbonyl (C=O) groups is 2. The summed E-state index contributed by atoms with van der Waals surface area (Å²) in [4.78, 5) is 23.4. The number of nitrogens with one attached hydrogen (secondary N) is 1. The molecule has 0 amide bonds. The fraction of sp³-hybridized carbons (Fsp3) is 0.143. The predicted molar refractivity (Wildman–Crippen MR) is 71.9 cm³/mol. The van der Waals surface area contributed by atoms with Gasteiger partial charge in [0.1, 0.15) is 5.92 Å². The number of carbonyl (C=O) groups excluding carboxylic acids is 1. The lowest BCUT2D eigenvalue weighted by Crippen LogP contribution is -2.33. The summed E-state index contributed by atoms with van der Waals surface area (Å²) in [5.41, 5.74) is -0.136. The van der Waals surface area contributed by atoms with E-state index in [1.807, 2.05) is 0 Å². The second-order valence-corrected chi connectivity index (χ2v) is 4.23. The molecule has 0 bridgehead atoms. The summed E-state index contributed by atoms with van der Waals surface area (Å²) in [5, 5.41) is 21.0. The van der Waals surface area contributed by atoms with Crippen LogP contribution < -0.4 is 0 Å². The monoisotopic (exact) mass is 271 g/mol. The first-order chi connectivity index (χ1) is 9.59. The minimum absolute atomic E-state index is 0.0419. The van der Waals surface area contributed by atoms with E-state index in [0.29, 0.717) is 5.56 Å². The number of Topliss-reactive ketones (excluding diaryl/α,β-unsaturated/α-hetero) is 1. The molecule has 0 fully saturated rings. The van der Waals surface area contributed by atoms with Crippen molar-refractivity contribution in [2.24, 2.45) is 5.92 Å². The van der Waals surface area contributed by atoms with E-state index in [9.17, 15) is 14.7 Å². The lowest BCUT2D eigenvalue weighted by atomic mass is 9.96. The zero-order chi connectivity index (χ0) is 14.5. The first-order valence-corrected chi connectivity index (χ1v) is 5.98. The van der Waals surface area contributed by atoms with E-state index >= 15 is 0 Å². The Bertz CT molecular complexity index is 620. The van der Waals surface area contributed by atoms with Gasteiger partial charge in [-0.1, -0.05) is 30.3 Å². The predicted octanol–water partition coefficient (Wildman–Crippen LogP) is 1.49. The van der Waals surface area contributed by atoms with Crippen LogP contribution in [0, 0.1) is 11.3 Å². The molecule has 0 saturated heterocycles. The van der Waals surface area contributed by atoms with Gasteiger partial charge in [0.2, 0.25) is 5.78 Å². The van der Waals surface area contributed by atoms with Crippen LogP contribution in [0.5, 0.6) is 0 Å². The minimum atomic E-state index is -1.22. The molecule has 0 unspecified atom stereocenters. The molecule has 1 atom stereocenters. The van der Waals surface area contributed by atoms with Gasteiger partial charge in [0.05, 0.1) is 12.3 Å². The molecule has 0 radical (unpaired) electrons. The van der Waals surface area contributed by atoms with E-state index in [2.05, 4.69) is 5.10 Å². The number of rotatable bonds is 6. The summed E-state index contributed by atoms with van der Waals surface area (Å²) in [5.74, 6) is -3.01. The molecule has 1 heterocycles. The summed E-state index contributed by atoms with van der Waals surface area (Å²) >= 11 is 0. The number of aliphatic carboxylic acids is 1. The van der Waals surface area contributed by atoms with Crippen molar-refractivity contribution in [3.05, 3.63) is 54.4 Å². The number of nitrogens with zero attached hydrogens (tertiary/aromatic N) is 2. The number of carboxylic acid groups (broad SMARTS) is 1. The molecule has 0 aliphatic heterocycles. The van der Waals surface area contributed by atoms with Crippen LogP contribution in [-0.2, 0) is 11.3 Å². The van der Waals surface area contributed by atoms with Crippen LogP contribution in [0.25, 0.3) is 0 Å². The molecule has 0 aliphatic rings. The van der Waals surface area contributed by atoms with Gasteiger partial charge < -0.3 is 10.5 Å². The minimum Gasteiger partial charge on any atom is -0.481 e. The van der Waals surface area contributed by atoms with Gasteiger partial charge in [-0.3, -0.25) is 14.3 Å². The van der Waals surface area contributed by atoms with Crippen molar-refractivity contribution in [1.82, 2.24) is 9.78 Å². The maximum atomic E-state index is 12.1. The Morgan fingerprint density at radius 2 is 1.95 bits per heavy atom. The van der Waals surface area contributed by atoms with E-state index in [1.54, 1.807) is 42.6 Å². The van der Waals surface area contributed by atoms with Crippen LogP contribution in [0.4, 0.5) is 0 Å². The molecule has 2 rings (SSSR count). The zero-order valence-corrected chi connectivity index (χ0v) is 10.6. The Labute approximate surface area is 115 Å². The van der Waals surface area contributed by atoms with Crippen LogP contribution in [0.1, 0.15) is 10.4 Å². The summed E-state index contributed by atoms with van der Waals surface area (Å²) in [7, 11) is 0. The van der Waals surface area contributed by atoms with Gasteiger partial charge in [0.15, 0.2) is 0 Å². The maximum absolute atomic E-state index is 12.1. The summed E-state index contributed by atoms with van der Waals surface area (Å²) < 4.78 is 1.39. The lowest BCUT2D eigenvalue weighted by Gasteiger charge is -2.13. The third-order valence-corrected chi connectivity index (χ3v) is 2.86. The molecule has 1 aromatic carbocycles. The number of benzene rings is 1. The molecular formula is C14H13N3O3. The molecule has 0 saturated carbocycles. The number of carboxylic acids is 1. The highest BCUT2D eigenvalue weighted by Crippen LogP contribution is 2.10. The third kappa shape index (κ3) is 2.97. The molecule has 6 heteroatoms. The van der Waals surface area contributed by atoms with Crippen molar-refractivity contribution in [3.63, 3.8) is 0 Å². The Hall–Kier alpha value is -2.76. The van der Waals surface area contributed by atoms with Crippen LogP contribution in [0.3, 0.4) is 0 Å². The van der Waals surface area contributed by atoms with Crippen LogP contribution in [-0.4, -0.2) is 32.4 Å². The van der Waals surface area contributed by atoms with Crippen molar-refractivity contribution < 1.29 is 14.7 Å². The van der Waals surface area contributed by atoms with E-state index < -0.39 is 23.4 Å². The molecule has 102 valence electrons. The second-order valence-electron chi connectivity index (χ2n) is 4.23. The first kappa shape index (κ1) is 13.7. The van der Waals surface area contributed by atoms with Gasteiger partial charge >= 0.3 is 5.97 Å². The molecule has 0 aliphatic carbocycles. The molecule has 0 spiro atoms. The largest absolute Gasteiger partial charge is 0.481 e. The molecule has 6 nitrogen and oxygen atoms in total. The number of aromatic nitrogens is 2. The fourth-order valence-electron chi connectivity index (χ4n) is 1.79. The average molecular weight is 271 g/mol. The Balaban J connectivity index is 2.19. The topological polar surface area (TPSA) is 96.0 Å². The standard InChI is InChI=1S/C14H13N3O3/c15-12(13(18)10-5-2-1-3-6-10)11(14(19)20)9-17-8-4-7-16-17/h1-8,11,15H,9H2,(H,19,20)/t11-/m1/s1. The SMILES string of the molecule is N=C(C(=O)c1ccccc1)[C@@H](Cn1cccn1)C(=O)O. The van der Waals surface area contributed by atoms with E-state index in [1.165, 1.54) is 10.9 Å². The average Bonchev–Trinajstić information content (AvgIpc) is 2.97. The van der Waals surface area contributed by atoms with Crippen LogP contribution in [0.15, 0.2) is 48.8 Å². The normalized spacial score (nSPS) is 11.8. The van der Waals surface area contributed by atoms with E-state index in [0.717, 1.165) is 0 Å². The van der Waals surface area contributed by atoms with Crippen LogP contribution >= 0.6 is 0 Å². The van der Waals surface area contributed by atoms with Gasteiger partial charge in [-0.05, 0) is 6.07 Å². The molecule has 20 heavy (non-hydrogen) atoms. The smallest absolute Gasteiger partial charge is 0.314 e. The quantitative estimate of drug-likeness (QED) is 0.614. The number of ketones is 1. The van der Waals surface area contributed by atoms with Gasteiger partial charge in [-0.25, -0.2) is 0 Å². The highest BCUT2D eigenvalue weighted by atomic mass is 16.4. The van der Waals surface area contributed by atoms with Gasteiger partial charge in [-0.2, -0.15) is 5.10 Å². The lowest BCUT2D eigenvalue weighted by molar-refractivity contribution is -0.139. The third-order valence-electron chi connectivity index (χ3n) is 2.86. The summed E-state index contributed by atoms with van der Waals surface area (Å²) in [6.07, 6.45) is 3.11. The van der Waals surface area contributed by atoms with E-state index in [-0.39, 0.29) is 6.54 Å². The van der Waals surface area contributed by atoms with Crippen molar-refractivity contribution in [3.8, 4) is 0 Å². The molecule has 2 aromatic rings. The Morgan fingerprint density at radius 1 is 1.25 bits per heavy atom. The van der Waals surface area contributed by atoms with Crippen molar-refractivity contribution in [2.45, 2.75) is 6.54 Å². The first-order valence-electron chi connectivity index (χ1n) is 5.98. The van der Waals surface area contributed by atoms with Crippen molar-refractivity contribution in [2.75, 3.05) is 0 Å². The van der Waals surface area contributed by atoms with Gasteiger partial charge in [0, 0.05) is 18.0 Å². The van der Waals surface area contributed by atoms with Crippen LogP contribution in [0.2, 0.25) is 0 Å². The zero-order valence-electron chi connectivity index (χ0n) is 10.6. The van der Waals surface area contributed by atoms with E-state index in [4.69, 9.17) is 5.41 Å². The Morgan fingerprint density at radius 3 is 2.50 bits per heavy atom. The van der Waals surface area contributed by atoms with Crippen molar-refractivity contribution >= 4 is 17.5 Å². The summed E-state index contributed by atoms with van der Waals surface area (Å²) in [6.45, 7) is -0.0419. The van der Waals surface area contributed by atoms with Crippen molar-refractivity contribution in [1.29, 1.82) is 5.41 Å². The highest BCUT2D eigenvalue weighted by molar-refractivity contribution is 6.47. The second kappa shape index (κ2) is 5.92.